The third kappa shape index (κ3) is 3.19. The van der Waals surface area contributed by atoms with E-state index in [9.17, 15) is 9.18 Å². The molecule has 0 saturated carbocycles. The van der Waals surface area contributed by atoms with Crippen molar-refractivity contribution in [2.24, 2.45) is 0 Å². The lowest BCUT2D eigenvalue weighted by molar-refractivity contribution is 0.103. The number of aryl methyl sites for hydroxylation is 1. The van der Waals surface area contributed by atoms with Gasteiger partial charge in [-0.3, -0.25) is 10.1 Å². The Morgan fingerprint density at radius 2 is 1.91 bits per heavy atom. The Labute approximate surface area is 139 Å². The van der Waals surface area contributed by atoms with Crippen molar-refractivity contribution >= 4 is 45.3 Å². The number of anilines is 1. The Morgan fingerprint density at radius 3 is 2.55 bits per heavy atom. The quantitative estimate of drug-likeness (QED) is 0.701. The van der Waals surface area contributed by atoms with E-state index in [1.807, 2.05) is 6.92 Å². The topological polar surface area (TPSA) is 42.0 Å². The Kier molecular flexibility index (Phi) is 4.24. The van der Waals surface area contributed by atoms with Gasteiger partial charge in [0.15, 0.2) is 5.13 Å². The average Bonchev–Trinajstić information content (AvgIpc) is 3.06. The highest BCUT2D eigenvalue weighted by Crippen LogP contribution is 2.31. The maximum Gasteiger partial charge on any atom is 0.267 e. The summed E-state index contributed by atoms with van der Waals surface area (Å²) < 4.78 is 13.5. The van der Waals surface area contributed by atoms with Gasteiger partial charge in [-0.1, -0.05) is 11.6 Å². The van der Waals surface area contributed by atoms with Gasteiger partial charge in [0.2, 0.25) is 0 Å². The monoisotopic (exact) mass is 352 g/mol. The lowest BCUT2D eigenvalue weighted by Crippen LogP contribution is -2.09. The zero-order valence-electron chi connectivity index (χ0n) is 11.4. The maximum absolute atomic E-state index is 13.0. The van der Waals surface area contributed by atoms with Crippen molar-refractivity contribution in [1.82, 2.24) is 4.98 Å². The number of hydrogen-bond acceptors (Lipinski definition) is 4. The number of thiazole rings is 1. The minimum atomic E-state index is -0.292. The summed E-state index contributed by atoms with van der Waals surface area (Å²) in [5.74, 6) is -0.531. The second kappa shape index (κ2) is 6.16. The van der Waals surface area contributed by atoms with Crippen molar-refractivity contribution in [3.63, 3.8) is 0 Å². The molecule has 1 N–H and O–H groups in total. The predicted molar refractivity (Wildman–Crippen MR) is 89.5 cm³/mol. The van der Waals surface area contributed by atoms with E-state index < -0.39 is 0 Å². The summed E-state index contributed by atoms with van der Waals surface area (Å²) in [6.45, 7) is 1.91. The fourth-order valence-corrected chi connectivity index (χ4v) is 3.69. The SMILES string of the molecule is Cc1sc(NC(=O)c2ccc(Cl)s2)nc1-c1ccc(F)cc1. The summed E-state index contributed by atoms with van der Waals surface area (Å²) in [5.41, 5.74) is 1.55. The molecule has 0 bridgehead atoms. The fraction of sp³-hybridized carbons (Fsp3) is 0.0667. The van der Waals surface area contributed by atoms with Crippen LogP contribution in [-0.4, -0.2) is 10.9 Å². The molecule has 0 aliphatic carbocycles. The van der Waals surface area contributed by atoms with E-state index in [1.54, 1.807) is 24.3 Å². The summed E-state index contributed by atoms with van der Waals surface area (Å²) >= 11 is 8.42. The Balaban J connectivity index is 1.83. The summed E-state index contributed by atoms with van der Waals surface area (Å²) in [6.07, 6.45) is 0. The van der Waals surface area contributed by atoms with Crippen LogP contribution in [0.5, 0.6) is 0 Å². The van der Waals surface area contributed by atoms with Crippen LogP contribution in [0.4, 0.5) is 9.52 Å². The highest BCUT2D eigenvalue weighted by atomic mass is 35.5. The van der Waals surface area contributed by atoms with Crippen molar-refractivity contribution in [3.05, 3.63) is 56.3 Å². The smallest absolute Gasteiger partial charge is 0.267 e. The van der Waals surface area contributed by atoms with Crippen LogP contribution >= 0.6 is 34.3 Å². The summed E-state index contributed by atoms with van der Waals surface area (Å²) in [6, 6.07) is 9.46. The maximum atomic E-state index is 13.0. The van der Waals surface area contributed by atoms with E-state index in [1.165, 1.54) is 34.8 Å². The molecule has 0 fully saturated rings. The Bertz CT molecular complexity index is 826. The second-order valence-electron chi connectivity index (χ2n) is 4.49. The molecule has 0 saturated heterocycles. The van der Waals surface area contributed by atoms with Crippen LogP contribution in [0, 0.1) is 12.7 Å². The van der Waals surface area contributed by atoms with Crippen molar-refractivity contribution < 1.29 is 9.18 Å². The van der Waals surface area contributed by atoms with Gasteiger partial charge in [0.25, 0.3) is 5.91 Å². The number of nitrogens with one attached hydrogen (secondary N) is 1. The van der Waals surface area contributed by atoms with E-state index in [2.05, 4.69) is 10.3 Å². The van der Waals surface area contributed by atoms with Gasteiger partial charge in [0, 0.05) is 10.4 Å². The van der Waals surface area contributed by atoms with Crippen LogP contribution in [0.15, 0.2) is 36.4 Å². The minimum absolute atomic E-state index is 0.240. The zero-order valence-corrected chi connectivity index (χ0v) is 13.8. The third-order valence-corrected chi connectivity index (χ3v) is 5.05. The highest BCUT2D eigenvalue weighted by molar-refractivity contribution is 7.18. The van der Waals surface area contributed by atoms with Crippen LogP contribution in [0.25, 0.3) is 11.3 Å². The van der Waals surface area contributed by atoms with Gasteiger partial charge in [-0.15, -0.1) is 22.7 Å². The molecule has 22 heavy (non-hydrogen) atoms. The molecule has 0 aliphatic heterocycles. The van der Waals surface area contributed by atoms with Gasteiger partial charge in [0.1, 0.15) is 5.82 Å². The molecule has 3 rings (SSSR count). The number of carbonyl (C=O) groups excluding carboxylic acids is 1. The normalized spacial score (nSPS) is 10.7. The number of thiophene rings is 1. The molecule has 3 nitrogen and oxygen atoms in total. The van der Waals surface area contributed by atoms with Gasteiger partial charge >= 0.3 is 0 Å². The van der Waals surface area contributed by atoms with Crippen LogP contribution < -0.4 is 5.32 Å². The second-order valence-corrected chi connectivity index (χ2v) is 7.41. The van der Waals surface area contributed by atoms with E-state index in [0.717, 1.165) is 16.1 Å². The first-order chi connectivity index (χ1) is 10.5. The molecule has 1 aromatic carbocycles. The van der Waals surface area contributed by atoms with Crippen molar-refractivity contribution in [2.75, 3.05) is 5.32 Å². The first-order valence-electron chi connectivity index (χ1n) is 6.33. The van der Waals surface area contributed by atoms with Crippen LogP contribution in [0.3, 0.4) is 0 Å². The van der Waals surface area contributed by atoms with E-state index in [0.29, 0.717) is 14.3 Å². The number of amides is 1. The van der Waals surface area contributed by atoms with Crippen molar-refractivity contribution in [3.8, 4) is 11.3 Å². The molecule has 0 atom stereocenters. The summed E-state index contributed by atoms with van der Waals surface area (Å²) in [5, 5.41) is 3.27. The molecule has 2 aromatic heterocycles. The van der Waals surface area contributed by atoms with E-state index in [-0.39, 0.29) is 11.7 Å². The first-order valence-corrected chi connectivity index (χ1v) is 8.34. The molecule has 112 valence electrons. The number of aromatic nitrogens is 1. The number of rotatable bonds is 3. The molecular formula is C15H10ClFN2OS2. The molecule has 1 amide bonds. The third-order valence-electron chi connectivity index (χ3n) is 2.93. The summed E-state index contributed by atoms with van der Waals surface area (Å²) in [4.78, 5) is 18.0. The molecule has 0 unspecified atom stereocenters. The molecular weight excluding hydrogens is 343 g/mol. The van der Waals surface area contributed by atoms with Gasteiger partial charge in [-0.25, -0.2) is 9.37 Å². The van der Waals surface area contributed by atoms with Gasteiger partial charge in [-0.05, 0) is 43.3 Å². The number of hydrogen-bond donors (Lipinski definition) is 1. The van der Waals surface area contributed by atoms with Crippen LogP contribution in [0.1, 0.15) is 14.5 Å². The van der Waals surface area contributed by atoms with Gasteiger partial charge in [-0.2, -0.15) is 0 Å². The first kappa shape index (κ1) is 15.1. The van der Waals surface area contributed by atoms with Crippen molar-refractivity contribution in [1.29, 1.82) is 0 Å². The molecule has 0 radical (unpaired) electrons. The van der Waals surface area contributed by atoms with Crippen LogP contribution in [0.2, 0.25) is 4.34 Å². The molecule has 3 aromatic rings. The largest absolute Gasteiger partial charge is 0.297 e. The average molecular weight is 353 g/mol. The highest BCUT2D eigenvalue weighted by Gasteiger charge is 2.14. The Morgan fingerprint density at radius 1 is 1.18 bits per heavy atom. The molecule has 0 aliphatic rings. The minimum Gasteiger partial charge on any atom is -0.297 e. The molecule has 2 heterocycles. The molecule has 7 heteroatoms. The molecule has 0 spiro atoms. The predicted octanol–water partition coefficient (Wildman–Crippen LogP) is 5.22. The van der Waals surface area contributed by atoms with Crippen LogP contribution in [-0.2, 0) is 0 Å². The van der Waals surface area contributed by atoms with Gasteiger partial charge in [0.05, 0.1) is 14.9 Å². The fourth-order valence-electron chi connectivity index (χ4n) is 1.92. The van der Waals surface area contributed by atoms with E-state index >= 15 is 0 Å². The lowest BCUT2D eigenvalue weighted by atomic mass is 10.1. The standard InChI is InChI=1S/C15H10ClFN2OS2/c1-8-13(9-2-4-10(17)5-3-9)18-15(21-8)19-14(20)11-6-7-12(16)22-11/h2-7H,1H3,(H,18,19,20). The lowest BCUT2D eigenvalue weighted by Gasteiger charge is -1.99. The number of nitrogens with zero attached hydrogens (tertiary/aromatic N) is 1. The van der Waals surface area contributed by atoms with Crippen molar-refractivity contribution in [2.45, 2.75) is 6.92 Å². The number of carbonyl (C=O) groups is 1. The zero-order chi connectivity index (χ0) is 15.7. The van der Waals surface area contributed by atoms with Gasteiger partial charge < -0.3 is 0 Å². The number of halogens is 2. The summed E-state index contributed by atoms with van der Waals surface area (Å²) in [7, 11) is 0. The Hall–Kier alpha value is -1.76. The number of benzene rings is 1. The van der Waals surface area contributed by atoms with E-state index in [4.69, 9.17) is 11.6 Å².